The molecule has 12 heteroatoms. The fourth-order valence-corrected chi connectivity index (χ4v) is 12.4. The molecule has 5 aliphatic heterocycles. The Labute approximate surface area is 410 Å². The summed E-state index contributed by atoms with van der Waals surface area (Å²) in [5.41, 5.74) is -1.50. The van der Waals surface area contributed by atoms with Crippen LogP contribution in [0.25, 0.3) is 0 Å². The topological polar surface area (TPSA) is 147 Å². The minimum Gasteiger partial charge on any atom is -0.550 e. The van der Waals surface area contributed by atoms with Crippen molar-refractivity contribution >= 4 is 11.8 Å². The number of unbranched alkanes of at least 4 members (excludes halogenated alkanes) is 4. The standard InChI is InChI=1S/C52H91NO10.Na/c1-13-18-20-30-53(31-21-19-14-2)42-24-27-51(63-52(42)29-28-49(12,62-52)43-25-26-50(58,17-5)38(11)59-43)35(8)32-34(7)47(61-51)40(16-4)45(55)36(9)44(54)37(10)46-33(6)22-23-41(60-46)39(15-3)48(56)57;/h24,27,33-44,46-47,54,58H,13-23,25-26,28-32H2,1-12H3,(H,56,57);/q;+1/p-1/t33-,34-,35+,36-,37-,38-,39+,40-,41+,42-,43+,44+,46+,47-,49-,50+,51-,52-;/m0./s1. The van der Waals surface area contributed by atoms with Crippen LogP contribution in [-0.2, 0) is 33.3 Å². The SMILES string of the molecule is CCCCCN(CCCCC)[C@H]1C=C[C@]2(O[C@H]([C@@H](CC)C(=O)[C@@H](C)[C@@H](O)[C@H](C)[C@@H]3O[C@@H]([C@@H](CC)C(=O)[O-])CC[C@@H]3C)[C@@H](C)C[C@H]2C)O[C@@]12CC[C@@](C)([C@H]1CC[C@](O)(CC)[C@H](C)O1)O2.[Na+]. The van der Waals surface area contributed by atoms with Crippen LogP contribution in [0.4, 0.5) is 0 Å². The third-order valence-corrected chi connectivity index (χ3v) is 16.9. The molecule has 18 atom stereocenters. The average Bonchev–Trinajstić information content (AvgIpc) is 3.59. The fraction of sp³-hybridized carbons (Fsp3) is 0.923. The van der Waals surface area contributed by atoms with Crippen LogP contribution in [0.15, 0.2) is 12.2 Å². The molecule has 4 saturated heterocycles. The summed E-state index contributed by atoms with van der Waals surface area (Å²) in [5, 5.41) is 35.2. The molecule has 4 fully saturated rings. The summed E-state index contributed by atoms with van der Waals surface area (Å²) in [4.78, 5) is 29.3. The number of aliphatic hydroxyl groups excluding tert-OH is 1. The average molecular weight is 912 g/mol. The number of carbonyl (C=O) groups is 2. The molecule has 0 radical (unpaired) electrons. The number of aliphatic hydroxyl groups is 2. The molecule has 0 unspecified atom stereocenters. The maximum atomic E-state index is 14.8. The minimum atomic E-state index is -1.14. The van der Waals surface area contributed by atoms with E-state index in [-0.39, 0.29) is 77.4 Å². The third kappa shape index (κ3) is 11.9. The van der Waals surface area contributed by atoms with Crippen molar-refractivity contribution in [2.75, 3.05) is 13.1 Å². The molecular formula is C52H90NNaO10. The maximum Gasteiger partial charge on any atom is 1.00 e. The summed E-state index contributed by atoms with van der Waals surface area (Å²) in [6, 6.07) is -0.149. The first-order chi connectivity index (χ1) is 29.8. The summed E-state index contributed by atoms with van der Waals surface area (Å²) >= 11 is 0. The van der Waals surface area contributed by atoms with Crippen molar-refractivity contribution in [2.24, 2.45) is 41.4 Å². The van der Waals surface area contributed by atoms with Crippen LogP contribution >= 0.6 is 0 Å². The molecule has 0 aromatic heterocycles. The maximum absolute atomic E-state index is 14.8. The van der Waals surface area contributed by atoms with Crippen LogP contribution < -0.4 is 34.7 Å². The van der Waals surface area contributed by atoms with E-state index in [2.05, 4.69) is 58.6 Å². The van der Waals surface area contributed by atoms with Gasteiger partial charge in [0.2, 0.25) is 0 Å². The summed E-state index contributed by atoms with van der Waals surface area (Å²) in [6.45, 7) is 26.6. The first-order valence-corrected chi connectivity index (χ1v) is 25.8. The minimum absolute atomic E-state index is 0. The van der Waals surface area contributed by atoms with E-state index in [4.69, 9.17) is 23.7 Å². The third-order valence-electron chi connectivity index (χ3n) is 16.9. The molecule has 5 rings (SSSR count). The van der Waals surface area contributed by atoms with Gasteiger partial charge in [-0.1, -0.05) is 101 Å². The van der Waals surface area contributed by atoms with Crippen molar-refractivity contribution in [1.29, 1.82) is 0 Å². The molecule has 64 heavy (non-hydrogen) atoms. The van der Waals surface area contributed by atoms with Crippen molar-refractivity contribution < 1.29 is 78.2 Å². The second-order valence-corrected chi connectivity index (χ2v) is 21.3. The van der Waals surface area contributed by atoms with Crippen LogP contribution in [-0.4, -0.2) is 105 Å². The molecular weight excluding hydrogens is 822 g/mol. The molecule has 364 valence electrons. The number of hydrogen-bond acceptors (Lipinski definition) is 11. The van der Waals surface area contributed by atoms with Crippen molar-refractivity contribution in [2.45, 2.75) is 251 Å². The summed E-state index contributed by atoms with van der Waals surface area (Å²) < 4.78 is 35.6. The number of ketones is 1. The number of rotatable bonds is 21. The van der Waals surface area contributed by atoms with Gasteiger partial charge in [-0.05, 0) is 115 Å². The van der Waals surface area contributed by atoms with E-state index in [1.165, 1.54) is 0 Å². The molecule has 5 heterocycles. The fourth-order valence-electron chi connectivity index (χ4n) is 12.4. The normalized spacial score (nSPS) is 40.2. The monoisotopic (exact) mass is 912 g/mol. The zero-order valence-electron chi connectivity index (χ0n) is 42.6. The van der Waals surface area contributed by atoms with E-state index in [1.54, 1.807) is 0 Å². The summed E-state index contributed by atoms with van der Waals surface area (Å²) in [5.74, 6) is -5.48. The van der Waals surface area contributed by atoms with Gasteiger partial charge < -0.3 is 43.8 Å². The number of carbonyl (C=O) groups excluding carboxylic acids is 2. The first kappa shape index (κ1) is 56.2. The van der Waals surface area contributed by atoms with Crippen LogP contribution in [0.1, 0.15) is 186 Å². The van der Waals surface area contributed by atoms with E-state index < -0.39 is 70.7 Å². The van der Waals surface area contributed by atoms with E-state index in [0.717, 1.165) is 70.9 Å². The molecule has 2 spiro atoms. The number of nitrogens with zero attached hydrogens (tertiary/aromatic N) is 1. The zero-order valence-corrected chi connectivity index (χ0v) is 44.6. The largest absolute Gasteiger partial charge is 1.00 e. The number of aliphatic carboxylic acids is 1. The zero-order chi connectivity index (χ0) is 46.5. The number of hydrogen-bond donors (Lipinski definition) is 2. The Bertz CT molecular complexity index is 1510. The Morgan fingerprint density at radius 1 is 0.828 bits per heavy atom. The number of carboxylic acids is 1. The Morgan fingerprint density at radius 3 is 2.03 bits per heavy atom. The summed E-state index contributed by atoms with van der Waals surface area (Å²) in [6.07, 6.45) is 14.9. The van der Waals surface area contributed by atoms with Crippen molar-refractivity contribution in [3.63, 3.8) is 0 Å². The Kier molecular flexibility index (Phi) is 21.0. The molecule has 0 aromatic carbocycles. The smallest absolute Gasteiger partial charge is 0.550 e. The molecule has 5 aliphatic rings. The quantitative estimate of drug-likeness (QED) is 0.0850. The van der Waals surface area contributed by atoms with Gasteiger partial charge in [-0.3, -0.25) is 9.69 Å². The van der Waals surface area contributed by atoms with Gasteiger partial charge in [0.05, 0.1) is 53.9 Å². The van der Waals surface area contributed by atoms with Crippen molar-refractivity contribution in [3.8, 4) is 0 Å². The van der Waals surface area contributed by atoms with Gasteiger partial charge >= 0.3 is 29.6 Å². The second-order valence-electron chi connectivity index (χ2n) is 21.3. The number of ether oxygens (including phenoxy) is 5. The number of carboxylic acid groups (broad SMARTS) is 1. The van der Waals surface area contributed by atoms with Gasteiger partial charge in [-0.2, -0.15) is 0 Å². The summed E-state index contributed by atoms with van der Waals surface area (Å²) in [7, 11) is 0. The predicted molar refractivity (Wildman–Crippen MR) is 244 cm³/mol. The molecule has 0 amide bonds. The molecule has 0 bridgehead atoms. The molecule has 0 aliphatic carbocycles. The Morgan fingerprint density at radius 2 is 1.47 bits per heavy atom. The van der Waals surface area contributed by atoms with Gasteiger partial charge in [0.25, 0.3) is 0 Å². The van der Waals surface area contributed by atoms with Gasteiger partial charge in [0.15, 0.2) is 11.6 Å². The van der Waals surface area contributed by atoms with Gasteiger partial charge in [0, 0.05) is 42.0 Å². The van der Waals surface area contributed by atoms with Crippen LogP contribution in [0.2, 0.25) is 0 Å². The van der Waals surface area contributed by atoms with Crippen LogP contribution in [0.5, 0.6) is 0 Å². The van der Waals surface area contributed by atoms with Crippen molar-refractivity contribution in [3.05, 3.63) is 12.2 Å². The van der Waals surface area contributed by atoms with Gasteiger partial charge in [-0.25, -0.2) is 0 Å². The number of Topliss-reactive ketones (excluding diaryl/α,β-unsaturated/α-hetero) is 1. The van der Waals surface area contributed by atoms with Gasteiger partial charge in [-0.15, -0.1) is 0 Å². The molecule has 0 aromatic rings. The molecule has 2 N–H and O–H groups in total. The van der Waals surface area contributed by atoms with E-state index in [0.29, 0.717) is 44.9 Å². The molecule has 11 nitrogen and oxygen atoms in total. The Hall–Kier alpha value is -0.440. The molecule has 0 saturated carbocycles. The predicted octanol–water partition coefficient (Wildman–Crippen LogP) is 5.55. The Balaban J connectivity index is 0.00000898. The van der Waals surface area contributed by atoms with E-state index in [9.17, 15) is 24.9 Å². The van der Waals surface area contributed by atoms with E-state index in [1.807, 2.05) is 41.5 Å². The van der Waals surface area contributed by atoms with Crippen LogP contribution in [0, 0.1) is 41.4 Å². The first-order valence-electron chi connectivity index (χ1n) is 25.8. The van der Waals surface area contributed by atoms with E-state index >= 15 is 0 Å². The van der Waals surface area contributed by atoms with Crippen molar-refractivity contribution in [1.82, 2.24) is 4.90 Å². The second kappa shape index (κ2) is 23.9. The van der Waals surface area contributed by atoms with Crippen LogP contribution in [0.3, 0.4) is 0 Å². The van der Waals surface area contributed by atoms with Gasteiger partial charge in [0.1, 0.15) is 5.78 Å².